The van der Waals surface area contributed by atoms with Crippen LogP contribution in [0.2, 0.25) is 0 Å². The molecule has 0 spiro atoms. The number of alkyl halides is 3. The zero-order chi connectivity index (χ0) is 26.6. The summed E-state index contributed by atoms with van der Waals surface area (Å²) in [6, 6.07) is 16.3. The number of benzene rings is 2. The Morgan fingerprint density at radius 1 is 1.11 bits per heavy atom. The van der Waals surface area contributed by atoms with Gasteiger partial charge in [-0.25, -0.2) is 0 Å². The lowest BCUT2D eigenvalue weighted by atomic mass is 9.70. The molecule has 6 nitrogen and oxygen atoms in total. The molecule has 0 saturated heterocycles. The highest BCUT2D eigenvalue weighted by molar-refractivity contribution is 9.10. The molecular weight excluding hydrogens is 553 g/mol. The van der Waals surface area contributed by atoms with Crippen LogP contribution in [0.25, 0.3) is 0 Å². The molecular formula is C27H26BrF3N2O4. The van der Waals surface area contributed by atoms with Crippen molar-refractivity contribution < 1.29 is 32.9 Å². The minimum atomic E-state index is -4.42. The van der Waals surface area contributed by atoms with Crippen LogP contribution in [0.15, 0.2) is 71.5 Å². The molecule has 37 heavy (non-hydrogen) atoms. The van der Waals surface area contributed by atoms with Gasteiger partial charge in [0.1, 0.15) is 11.5 Å². The summed E-state index contributed by atoms with van der Waals surface area (Å²) in [5, 5.41) is 24.6. The van der Waals surface area contributed by atoms with Gasteiger partial charge in [-0.1, -0.05) is 58.4 Å². The molecule has 2 aliphatic rings. The quantitative estimate of drug-likeness (QED) is 0.445. The Kier molecular flexibility index (Phi) is 6.50. The third-order valence-electron chi connectivity index (χ3n) is 7.42. The van der Waals surface area contributed by atoms with Gasteiger partial charge in [0.25, 0.3) is 0 Å². The van der Waals surface area contributed by atoms with Crippen LogP contribution >= 0.6 is 15.9 Å². The van der Waals surface area contributed by atoms with Crippen molar-refractivity contribution in [1.82, 2.24) is 9.88 Å². The number of fused-ring (bicyclic) bond motifs is 3. The number of hydrogen-bond donors (Lipinski definition) is 2. The van der Waals surface area contributed by atoms with Gasteiger partial charge in [0.05, 0.1) is 37.7 Å². The van der Waals surface area contributed by atoms with Crippen LogP contribution < -0.4 is 9.47 Å². The number of pyridine rings is 1. The van der Waals surface area contributed by atoms with E-state index in [2.05, 4.69) is 20.9 Å². The van der Waals surface area contributed by atoms with Crippen molar-refractivity contribution in [2.75, 3.05) is 27.2 Å². The maximum absolute atomic E-state index is 13.3. The topological polar surface area (TPSA) is 75.0 Å². The van der Waals surface area contributed by atoms with Crippen LogP contribution in [-0.4, -0.2) is 59.6 Å². The van der Waals surface area contributed by atoms with Gasteiger partial charge in [-0.15, -0.1) is 0 Å². The van der Waals surface area contributed by atoms with E-state index in [4.69, 9.17) is 9.47 Å². The third-order valence-corrected chi connectivity index (χ3v) is 7.95. The first-order valence-corrected chi connectivity index (χ1v) is 12.5. The highest BCUT2D eigenvalue weighted by Gasteiger charge is 2.76. The summed E-state index contributed by atoms with van der Waals surface area (Å²) >= 11 is 3.44. The predicted molar refractivity (Wildman–Crippen MR) is 133 cm³/mol. The van der Waals surface area contributed by atoms with Gasteiger partial charge < -0.3 is 19.7 Å². The fourth-order valence-electron chi connectivity index (χ4n) is 6.16. The minimum absolute atomic E-state index is 0.146. The predicted octanol–water partition coefficient (Wildman–Crippen LogP) is 4.60. The number of aromatic nitrogens is 1. The van der Waals surface area contributed by atoms with Crippen molar-refractivity contribution in [3.05, 3.63) is 88.2 Å². The Labute approximate surface area is 220 Å². The van der Waals surface area contributed by atoms with E-state index in [1.807, 2.05) is 30.3 Å². The van der Waals surface area contributed by atoms with Crippen LogP contribution in [-0.2, 0) is 11.2 Å². The van der Waals surface area contributed by atoms with E-state index in [-0.39, 0.29) is 23.6 Å². The van der Waals surface area contributed by atoms with Gasteiger partial charge in [-0.2, -0.15) is 13.2 Å². The number of aliphatic hydroxyl groups excluding tert-OH is 1. The summed E-state index contributed by atoms with van der Waals surface area (Å²) in [6.45, 7) is -1.31. The highest BCUT2D eigenvalue weighted by Crippen LogP contribution is 2.69. The molecule has 1 aromatic heterocycles. The molecule has 196 valence electrons. The molecule has 5 unspecified atom stereocenters. The zero-order valence-electron chi connectivity index (χ0n) is 20.1. The van der Waals surface area contributed by atoms with Gasteiger partial charge in [-0.05, 0) is 30.3 Å². The van der Waals surface area contributed by atoms with Crippen LogP contribution in [0.4, 0.5) is 13.2 Å². The summed E-state index contributed by atoms with van der Waals surface area (Å²) in [5.74, 6) is -1.11. The number of halogens is 4. The van der Waals surface area contributed by atoms with Crippen molar-refractivity contribution in [2.24, 2.45) is 5.92 Å². The second-order valence-electron chi connectivity index (χ2n) is 9.63. The molecule has 0 amide bonds. The molecule has 5 atom stereocenters. The maximum atomic E-state index is 13.3. The van der Waals surface area contributed by atoms with Crippen LogP contribution in [0.3, 0.4) is 0 Å². The standard InChI is InChI=1S/C27H26BrF3N2O4/c1-33(15-25(29,30)31)14-19-22(16-6-4-3-5-7-16)27(17-8-10-18(28)11-9-17)26(35,24(19)34)23-20(36-2)12-32-13-21(23)37-27/h3-13,19,22,24,34-35H,14-15H2,1-2H3. The Morgan fingerprint density at radius 2 is 1.78 bits per heavy atom. The third kappa shape index (κ3) is 4.01. The Hall–Kier alpha value is -2.66. The number of nitrogens with zero attached hydrogens (tertiary/aromatic N) is 2. The number of aliphatic hydroxyl groups is 2. The molecule has 1 saturated carbocycles. The Morgan fingerprint density at radius 3 is 2.41 bits per heavy atom. The first-order valence-electron chi connectivity index (χ1n) is 11.7. The molecule has 3 aromatic rings. The summed E-state index contributed by atoms with van der Waals surface area (Å²) < 4.78 is 52.8. The highest BCUT2D eigenvalue weighted by atomic mass is 79.9. The van der Waals surface area contributed by atoms with E-state index in [9.17, 15) is 23.4 Å². The smallest absolute Gasteiger partial charge is 0.401 e. The van der Waals surface area contributed by atoms with Crippen LogP contribution in [0.5, 0.6) is 11.5 Å². The fraction of sp³-hybridized carbons (Fsp3) is 0.370. The van der Waals surface area contributed by atoms with E-state index in [0.29, 0.717) is 11.1 Å². The molecule has 1 fully saturated rings. The van der Waals surface area contributed by atoms with Crippen LogP contribution in [0.1, 0.15) is 22.6 Å². The molecule has 1 aliphatic carbocycles. The van der Waals surface area contributed by atoms with E-state index < -0.39 is 41.9 Å². The van der Waals surface area contributed by atoms with E-state index in [0.717, 1.165) is 9.37 Å². The second-order valence-corrected chi connectivity index (χ2v) is 10.6. The van der Waals surface area contributed by atoms with Gasteiger partial charge >= 0.3 is 6.18 Å². The fourth-order valence-corrected chi connectivity index (χ4v) is 6.43. The van der Waals surface area contributed by atoms with Crippen molar-refractivity contribution in [2.45, 2.75) is 29.4 Å². The normalized spacial score (nSPS) is 28.6. The lowest BCUT2D eigenvalue weighted by Crippen LogP contribution is -2.52. The van der Waals surface area contributed by atoms with Crippen molar-refractivity contribution in [1.29, 1.82) is 0 Å². The summed E-state index contributed by atoms with van der Waals surface area (Å²) in [4.78, 5) is 5.29. The van der Waals surface area contributed by atoms with E-state index in [1.54, 1.807) is 24.3 Å². The van der Waals surface area contributed by atoms with Crippen molar-refractivity contribution >= 4 is 15.9 Å². The first-order chi connectivity index (χ1) is 17.5. The molecule has 10 heteroatoms. The SMILES string of the molecule is COc1cncc2c1C1(O)C(O)C(CN(C)CC(F)(F)F)C(c3ccccc3)C1(c1ccc(Br)cc1)O2. The molecule has 2 aromatic carbocycles. The van der Waals surface area contributed by atoms with Gasteiger partial charge in [0.15, 0.2) is 11.2 Å². The van der Waals surface area contributed by atoms with Gasteiger partial charge in [0, 0.05) is 22.9 Å². The largest absolute Gasteiger partial charge is 0.495 e. The monoisotopic (exact) mass is 578 g/mol. The molecule has 0 radical (unpaired) electrons. The molecule has 0 bridgehead atoms. The second kappa shape index (κ2) is 9.27. The van der Waals surface area contributed by atoms with E-state index >= 15 is 0 Å². The average Bonchev–Trinajstić information content (AvgIpc) is 3.22. The first kappa shape index (κ1) is 26.0. The van der Waals surface area contributed by atoms with Gasteiger partial charge in [-0.3, -0.25) is 9.88 Å². The lowest BCUT2D eigenvalue weighted by molar-refractivity contribution is -0.155. The van der Waals surface area contributed by atoms with Crippen molar-refractivity contribution in [3.8, 4) is 11.5 Å². The maximum Gasteiger partial charge on any atom is 0.401 e. The Balaban J connectivity index is 1.77. The van der Waals surface area contributed by atoms with Crippen molar-refractivity contribution in [3.63, 3.8) is 0 Å². The number of ether oxygens (including phenoxy) is 2. The number of hydrogen-bond acceptors (Lipinski definition) is 6. The summed E-state index contributed by atoms with van der Waals surface area (Å²) in [6.07, 6.45) is -3.05. The molecule has 2 N–H and O–H groups in total. The molecule has 2 heterocycles. The summed E-state index contributed by atoms with van der Waals surface area (Å²) in [5.41, 5.74) is -2.15. The summed E-state index contributed by atoms with van der Waals surface area (Å²) in [7, 11) is 2.77. The average molecular weight is 579 g/mol. The van der Waals surface area contributed by atoms with E-state index in [1.165, 1.54) is 26.6 Å². The van der Waals surface area contributed by atoms with Gasteiger partial charge in [0.2, 0.25) is 0 Å². The zero-order valence-corrected chi connectivity index (χ0v) is 21.7. The Bertz CT molecular complexity index is 1280. The molecule has 5 rings (SSSR count). The number of methoxy groups -OCH3 is 1. The number of rotatable bonds is 6. The van der Waals surface area contributed by atoms with Crippen LogP contribution in [0, 0.1) is 5.92 Å². The molecule has 1 aliphatic heterocycles. The lowest BCUT2D eigenvalue weighted by Gasteiger charge is -2.41. The minimum Gasteiger partial charge on any atom is -0.495 e.